The zero-order chi connectivity index (χ0) is 8.04. The van der Waals surface area contributed by atoms with Crippen LogP contribution in [0.4, 0.5) is 0 Å². The normalized spacial score (nSPS) is 12.0. The molecule has 0 fully saturated rings. The van der Waals surface area contributed by atoms with Gasteiger partial charge in [-0.25, -0.2) is 0 Å². The summed E-state index contributed by atoms with van der Waals surface area (Å²) in [6.07, 6.45) is 1.10. The summed E-state index contributed by atoms with van der Waals surface area (Å²) in [6, 6.07) is 1.18. The highest BCUT2D eigenvalue weighted by Crippen LogP contribution is 2.13. The summed E-state index contributed by atoms with van der Waals surface area (Å²) in [7, 11) is -1.31. The monoisotopic (exact) mass is 180 g/mol. The molecule has 0 bridgehead atoms. The van der Waals surface area contributed by atoms with Gasteiger partial charge in [0.1, 0.15) is 0 Å². The molecule has 0 radical (unpaired) electrons. The van der Waals surface area contributed by atoms with E-state index in [2.05, 4.69) is 20.0 Å². The molecule has 0 N–H and O–H groups in total. The van der Waals surface area contributed by atoms with Gasteiger partial charge in [0.05, 0.1) is 0 Å². The van der Waals surface area contributed by atoms with Crippen molar-refractivity contribution in [1.82, 2.24) is 0 Å². The average molecular weight is 181 g/mol. The minimum absolute atomic E-state index is 0.767. The second kappa shape index (κ2) is 5.16. The van der Waals surface area contributed by atoms with Crippen LogP contribution in [0.3, 0.4) is 0 Å². The van der Waals surface area contributed by atoms with Crippen molar-refractivity contribution in [3.63, 3.8) is 0 Å². The molecular weight excluding hydrogens is 164 g/mol. The van der Waals surface area contributed by atoms with Crippen molar-refractivity contribution in [1.29, 1.82) is 0 Å². The van der Waals surface area contributed by atoms with E-state index in [1.165, 1.54) is 6.04 Å². The molecule has 0 amide bonds. The second-order valence-electron chi connectivity index (χ2n) is 2.99. The predicted molar refractivity (Wildman–Crippen MR) is 49.3 cm³/mol. The Bertz CT molecular complexity index is 85.7. The molecule has 0 aliphatic heterocycles. The Morgan fingerprint density at radius 2 is 2.00 bits per heavy atom. The Kier molecular flexibility index (Phi) is 5.40. The van der Waals surface area contributed by atoms with E-state index in [1.807, 2.05) is 0 Å². The van der Waals surface area contributed by atoms with E-state index in [4.69, 9.17) is 16.0 Å². The lowest BCUT2D eigenvalue weighted by molar-refractivity contribution is 0.328. The fourth-order valence-corrected chi connectivity index (χ4v) is 3.27. The quantitative estimate of drug-likeness (QED) is 0.467. The molecule has 0 saturated carbocycles. The molecule has 0 aromatic rings. The van der Waals surface area contributed by atoms with Gasteiger partial charge >= 0.3 is 0 Å². The second-order valence-corrected chi connectivity index (χ2v) is 7.67. The molecule has 10 heavy (non-hydrogen) atoms. The Morgan fingerprint density at radius 1 is 1.40 bits per heavy atom. The molecule has 0 rings (SSSR count). The summed E-state index contributed by atoms with van der Waals surface area (Å²) >= 11 is 5.57. The molecule has 0 spiro atoms. The highest BCUT2D eigenvalue weighted by atomic mass is 35.5. The number of hydrogen-bond acceptors (Lipinski definition) is 1. The van der Waals surface area contributed by atoms with Gasteiger partial charge in [-0.2, -0.15) is 0 Å². The number of hydrogen-bond donors (Lipinski definition) is 0. The van der Waals surface area contributed by atoms with Crippen molar-refractivity contribution in [2.45, 2.75) is 32.5 Å². The summed E-state index contributed by atoms with van der Waals surface area (Å²) in [5.74, 6) is 0.767. The van der Waals surface area contributed by atoms with Crippen LogP contribution in [0.5, 0.6) is 0 Å². The fourth-order valence-electron chi connectivity index (χ4n) is 0.955. The Labute approximate surface area is 69.9 Å². The number of alkyl halides is 1. The third-order valence-corrected chi connectivity index (χ3v) is 4.34. The maximum absolute atomic E-state index is 5.61. The van der Waals surface area contributed by atoms with Gasteiger partial charge in [-0.1, -0.05) is 0 Å². The highest BCUT2D eigenvalue weighted by molar-refractivity contribution is 6.71. The molecule has 0 aromatic carbocycles. The molecule has 0 atom stereocenters. The van der Waals surface area contributed by atoms with Crippen molar-refractivity contribution in [3.05, 3.63) is 0 Å². The molecule has 1 nitrogen and oxygen atoms in total. The van der Waals surface area contributed by atoms with Crippen molar-refractivity contribution < 1.29 is 4.43 Å². The van der Waals surface area contributed by atoms with E-state index in [9.17, 15) is 0 Å². The lowest BCUT2D eigenvalue weighted by Gasteiger charge is -2.20. The summed E-state index contributed by atoms with van der Waals surface area (Å²) in [5.41, 5.74) is 0. The summed E-state index contributed by atoms with van der Waals surface area (Å²) in [6.45, 7) is 7.38. The van der Waals surface area contributed by atoms with Gasteiger partial charge in [0.25, 0.3) is 0 Å². The Morgan fingerprint density at radius 3 is 2.40 bits per heavy atom. The van der Waals surface area contributed by atoms with Gasteiger partial charge in [0.15, 0.2) is 8.32 Å². The lowest BCUT2D eigenvalue weighted by atomic mass is 10.6. The standard InChI is InChI=1S/C7H17ClOSi/c1-4-9-10(2,3)7-5-6-8/h4-7H2,1-3H3. The number of halogens is 1. The first-order valence-corrected chi connectivity index (χ1v) is 7.47. The smallest absolute Gasteiger partial charge is 0.186 e. The first kappa shape index (κ1) is 10.5. The molecular formula is C7H17ClOSi. The number of rotatable bonds is 5. The minimum atomic E-state index is -1.31. The van der Waals surface area contributed by atoms with Crippen LogP contribution in [0.15, 0.2) is 0 Å². The molecule has 0 aliphatic rings. The first-order valence-electron chi connectivity index (χ1n) is 3.82. The van der Waals surface area contributed by atoms with E-state index in [-0.39, 0.29) is 0 Å². The van der Waals surface area contributed by atoms with Crippen LogP contribution in [0.25, 0.3) is 0 Å². The maximum Gasteiger partial charge on any atom is 0.186 e. The van der Waals surface area contributed by atoms with Crippen LogP contribution >= 0.6 is 11.6 Å². The Balaban J connectivity index is 3.42. The summed E-state index contributed by atoms with van der Waals surface area (Å²) in [4.78, 5) is 0. The predicted octanol–water partition coefficient (Wildman–Crippen LogP) is 2.86. The lowest BCUT2D eigenvalue weighted by Crippen LogP contribution is -2.29. The topological polar surface area (TPSA) is 9.23 Å². The molecule has 0 heterocycles. The van der Waals surface area contributed by atoms with Crippen molar-refractivity contribution in [2.24, 2.45) is 0 Å². The molecule has 0 aliphatic carbocycles. The summed E-state index contributed by atoms with van der Waals surface area (Å²) < 4.78 is 5.61. The van der Waals surface area contributed by atoms with Crippen LogP contribution in [0.2, 0.25) is 19.1 Å². The van der Waals surface area contributed by atoms with E-state index in [0.717, 1.165) is 18.9 Å². The van der Waals surface area contributed by atoms with Crippen molar-refractivity contribution >= 4 is 19.9 Å². The molecule has 0 saturated heterocycles. The zero-order valence-electron chi connectivity index (χ0n) is 7.11. The van der Waals surface area contributed by atoms with Crippen LogP contribution in [0.1, 0.15) is 13.3 Å². The van der Waals surface area contributed by atoms with Gasteiger partial charge in [0.2, 0.25) is 0 Å². The van der Waals surface area contributed by atoms with E-state index < -0.39 is 8.32 Å². The summed E-state index contributed by atoms with van der Waals surface area (Å²) in [5, 5.41) is 0. The highest BCUT2D eigenvalue weighted by Gasteiger charge is 2.20. The molecule has 0 unspecified atom stereocenters. The first-order chi connectivity index (χ1) is 4.62. The van der Waals surface area contributed by atoms with E-state index >= 15 is 0 Å². The van der Waals surface area contributed by atoms with Gasteiger partial charge < -0.3 is 4.43 Å². The van der Waals surface area contributed by atoms with Gasteiger partial charge in [-0.05, 0) is 32.5 Å². The largest absolute Gasteiger partial charge is 0.418 e. The van der Waals surface area contributed by atoms with Gasteiger partial charge in [0, 0.05) is 12.5 Å². The minimum Gasteiger partial charge on any atom is -0.418 e. The third kappa shape index (κ3) is 5.27. The zero-order valence-corrected chi connectivity index (χ0v) is 8.87. The van der Waals surface area contributed by atoms with Gasteiger partial charge in [-0.15, -0.1) is 11.6 Å². The Hall–Kier alpha value is 0.467. The van der Waals surface area contributed by atoms with Crippen LogP contribution < -0.4 is 0 Å². The van der Waals surface area contributed by atoms with E-state index in [0.29, 0.717) is 0 Å². The fraction of sp³-hybridized carbons (Fsp3) is 1.00. The van der Waals surface area contributed by atoms with Crippen LogP contribution in [0, 0.1) is 0 Å². The van der Waals surface area contributed by atoms with Crippen molar-refractivity contribution in [2.75, 3.05) is 12.5 Å². The van der Waals surface area contributed by atoms with E-state index in [1.54, 1.807) is 0 Å². The molecule has 3 heteroatoms. The SMILES string of the molecule is CCO[Si](C)(C)CCCCl. The van der Waals surface area contributed by atoms with Gasteiger partial charge in [-0.3, -0.25) is 0 Å². The van der Waals surface area contributed by atoms with Crippen molar-refractivity contribution in [3.8, 4) is 0 Å². The molecule has 62 valence electrons. The van der Waals surface area contributed by atoms with Crippen LogP contribution in [-0.4, -0.2) is 20.8 Å². The van der Waals surface area contributed by atoms with Crippen LogP contribution in [-0.2, 0) is 4.43 Å². The third-order valence-electron chi connectivity index (χ3n) is 1.45. The maximum atomic E-state index is 5.61. The average Bonchev–Trinajstić information content (AvgIpc) is 1.84. The molecule has 0 aromatic heterocycles.